The molecule has 2 atom stereocenters. The number of hydrogen-bond donors (Lipinski definition) is 2. The number of carbonyl (C=O) groups is 4. The number of rotatable bonds is 9. The van der Waals surface area contributed by atoms with Gasteiger partial charge in [0.05, 0.1) is 24.5 Å². The quantitative estimate of drug-likeness (QED) is 0.288. The maximum atomic E-state index is 13.9. The second-order valence-electron chi connectivity index (χ2n) is 9.24. The zero-order valence-corrected chi connectivity index (χ0v) is 22.0. The second-order valence-corrected chi connectivity index (χ2v) is 9.24. The number of carbonyl (C=O) groups excluding carboxylic acids is 3. The van der Waals surface area contributed by atoms with Crippen LogP contribution >= 0.6 is 0 Å². The van der Waals surface area contributed by atoms with Crippen LogP contribution < -0.4 is 10.1 Å². The topological polar surface area (TPSA) is 159 Å². The van der Waals surface area contributed by atoms with Crippen molar-refractivity contribution in [2.24, 2.45) is 0 Å². The van der Waals surface area contributed by atoms with Gasteiger partial charge in [-0.1, -0.05) is 18.2 Å². The number of nitrogens with zero attached hydrogens (tertiary/aromatic N) is 3. The monoisotopic (exact) mass is 582 g/mol. The van der Waals surface area contributed by atoms with E-state index in [2.05, 4.69) is 5.32 Å². The Hall–Kier alpha value is -5.40. The number of ether oxygens (including phenoxy) is 1. The Bertz CT molecular complexity index is 1570. The highest BCUT2D eigenvalue weighted by molar-refractivity contribution is 6.02. The Morgan fingerprint density at radius 1 is 0.976 bits per heavy atom. The molecule has 1 heterocycles. The molecule has 0 saturated carbocycles. The minimum Gasteiger partial charge on any atom is -0.497 e. The molecule has 3 aromatic rings. The van der Waals surface area contributed by atoms with Crippen LogP contribution in [-0.4, -0.2) is 69.9 Å². The van der Waals surface area contributed by atoms with Gasteiger partial charge in [0.25, 0.3) is 23.4 Å². The Kier molecular flexibility index (Phi) is 8.74. The van der Waals surface area contributed by atoms with Crippen molar-refractivity contribution in [3.63, 3.8) is 0 Å². The van der Waals surface area contributed by atoms with Gasteiger partial charge in [-0.3, -0.25) is 29.3 Å². The molecule has 1 saturated heterocycles. The van der Waals surface area contributed by atoms with Crippen LogP contribution in [0.3, 0.4) is 0 Å². The van der Waals surface area contributed by atoms with E-state index < -0.39 is 58.9 Å². The summed E-state index contributed by atoms with van der Waals surface area (Å²) in [5, 5.41) is 23.3. The third-order valence-electron chi connectivity index (χ3n) is 6.59. The van der Waals surface area contributed by atoms with Gasteiger partial charge in [-0.05, 0) is 42.0 Å². The van der Waals surface area contributed by atoms with E-state index in [1.54, 1.807) is 12.1 Å². The summed E-state index contributed by atoms with van der Waals surface area (Å²) in [5.74, 6) is -6.00. The van der Waals surface area contributed by atoms with Crippen molar-refractivity contribution < 1.29 is 42.7 Å². The predicted octanol–water partition coefficient (Wildman–Crippen LogP) is 3.14. The third-order valence-corrected chi connectivity index (χ3v) is 6.59. The number of carboxylic acids is 1. The van der Waals surface area contributed by atoms with Crippen molar-refractivity contribution in [3.8, 4) is 5.75 Å². The van der Waals surface area contributed by atoms with Crippen LogP contribution in [0, 0.1) is 21.7 Å². The number of hydrogen-bond acceptors (Lipinski definition) is 7. The number of amides is 3. The number of halogens is 2. The molecule has 2 N–H and O–H groups in total. The van der Waals surface area contributed by atoms with Crippen LogP contribution in [-0.2, 0) is 9.59 Å². The number of nitro groups is 1. The zero-order chi connectivity index (χ0) is 30.6. The lowest BCUT2D eigenvalue weighted by Gasteiger charge is -2.31. The molecule has 42 heavy (non-hydrogen) atoms. The summed E-state index contributed by atoms with van der Waals surface area (Å²) in [4.78, 5) is 65.1. The molecule has 14 heteroatoms. The van der Waals surface area contributed by atoms with Gasteiger partial charge in [-0.2, -0.15) is 0 Å². The summed E-state index contributed by atoms with van der Waals surface area (Å²) < 4.78 is 32.6. The second kappa shape index (κ2) is 12.4. The average molecular weight is 583 g/mol. The van der Waals surface area contributed by atoms with Gasteiger partial charge in [0.15, 0.2) is 17.8 Å². The van der Waals surface area contributed by atoms with Crippen molar-refractivity contribution in [3.05, 3.63) is 105 Å². The van der Waals surface area contributed by atoms with Crippen LogP contribution in [0.5, 0.6) is 5.75 Å². The summed E-state index contributed by atoms with van der Waals surface area (Å²) in [6, 6.07) is 12.2. The van der Waals surface area contributed by atoms with Gasteiger partial charge in [-0.25, -0.2) is 8.78 Å². The molecule has 12 nitrogen and oxygen atoms in total. The normalized spacial score (nSPS) is 15.2. The molecule has 2 unspecified atom stereocenters. The van der Waals surface area contributed by atoms with Gasteiger partial charge < -0.3 is 25.0 Å². The maximum absolute atomic E-state index is 13.9. The Morgan fingerprint density at radius 2 is 1.62 bits per heavy atom. The lowest BCUT2D eigenvalue weighted by atomic mass is 10.0. The van der Waals surface area contributed by atoms with E-state index in [9.17, 15) is 43.2 Å². The fraction of sp³-hybridized carbons (Fsp3) is 0.214. The molecule has 1 aliphatic rings. The first-order valence-corrected chi connectivity index (χ1v) is 12.5. The summed E-state index contributed by atoms with van der Waals surface area (Å²) in [7, 11) is 1.40. The number of non-ortho nitro benzene ring substituents is 1. The van der Waals surface area contributed by atoms with E-state index in [-0.39, 0.29) is 35.5 Å². The largest absolute Gasteiger partial charge is 0.497 e. The highest BCUT2D eigenvalue weighted by Gasteiger charge is 2.44. The first kappa shape index (κ1) is 29.6. The van der Waals surface area contributed by atoms with E-state index in [0.29, 0.717) is 11.8 Å². The lowest BCUT2D eigenvalue weighted by Crippen LogP contribution is -2.54. The molecule has 3 amide bonds. The highest BCUT2D eigenvalue weighted by Crippen LogP contribution is 2.26. The van der Waals surface area contributed by atoms with Crippen LogP contribution in [0.15, 0.2) is 66.7 Å². The molecule has 0 bridgehead atoms. The number of nitro benzene ring substituents is 1. The molecule has 1 aliphatic heterocycles. The van der Waals surface area contributed by atoms with Crippen LogP contribution in [0.1, 0.15) is 38.7 Å². The number of carboxylic acid groups (broad SMARTS) is 1. The fourth-order valence-electron chi connectivity index (χ4n) is 4.58. The molecule has 0 spiro atoms. The first-order valence-electron chi connectivity index (χ1n) is 12.5. The maximum Gasteiger partial charge on any atom is 0.305 e. The van der Waals surface area contributed by atoms with Gasteiger partial charge >= 0.3 is 5.97 Å². The van der Waals surface area contributed by atoms with Crippen LogP contribution in [0.4, 0.5) is 14.5 Å². The van der Waals surface area contributed by atoms with Crippen molar-refractivity contribution >= 4 is 29.4 Å². The van der Waals surface area contributed by atoms with E-state index in [1.165, 1.54) is 37.4 Å². The molecule has 3 aromatic carbocycles. The summed E-state index contributed by atoms with van der Waals surface area (Å²) in [6.45, 7) is -0.310. The summed E-state index contributed by atoms with van der Waals surface area (Å²) >= 11 is 0. The number of aliphatic carboxylic acids is 1. The summed E-state index contributed by atoms with van der Waals surface area (Å²) in [5.41, 5.74) is -0.414. The number of methoxy groups -OCH3 is 1. The van der Waals surface area contributed by atoms with Crippen LogP contribution in [0.25, 0.3) is 0 Å². The number of benzene rings is 3. The Morgan fingerprint density at radius 3 is 2.21 bits per heavy atom. The Labute approximate surface area is 237 Å². The van der Waals surface area contributed by atoms with Crippen LogP contribution in [0.2, 0.25) is 0 Å². The van der Waals surface area contributed by atoms with E-state index >= 15 is 0 Å². The lowest BCUT2D eigenvalue weighted by molar-refractivity contribution is -0.384. The van der Waals surface area contributed by atoms with Crippen molar-refractivity contribution in [2.45, 2.75) is 18.6 Å². The van der Waals surface area contributed by atoms with Crippen molar-refractivity contribution in [1.29, 1.82) is 0 Å². The van der Waals surface area contributed by atoms with E-state index in [0.717, 1.165) is 28.0 Å². The first-order chi connectivity index (χ1) is 20.0. The molecule has 1 fully saturated rings. The van der Waals surface area contributed by atoms with Gasteiger partial charge in [0.1, 0.15) is 5.75 Å². The highest BCUT2D eigenvalue weighted by atomic mass is 19.2. The van der Waals surface area contributed by atoms with E-state index in [4.69, 9.17) is 4.74 Å². The van der Waals surface area contributed by atoms with Crippen molar-refractivity contribution in [2.75, 3.05) is 20.2 Å². The SMILES string of the molecule is COc1cccc(C(=O)N2CCN(C(=O)c3ccc(F)c(F)c3)C2C(=O)NC(CC(=O)O)c2cccc([N+](=O)[O-])c2)c1. The molecule has 4 rings (SSSR count). The third kappa shape index (κ3) is 6.32. The molecule has 0 radical (unpaired) electrons. The van der Waals surface area contributed by atoms with Gasteiger partial charge in [0.2, 0.25) is 0 Å². The molecule has 218 valence electrons. The average Bonchev–Trinajstić information content (AvgIpc) is 3.42. The van der Waals surface area contributed by atoms with Gasteiger partial charge in [0, 0.05) is 36.3 Å². The predicted molar refractivity (Wildman–Crippen MR) is 141 cm³/mol. The van der Waals surface area contributed by atoms with E-state index in [1.807, 2.05) is 0 Å². The minimum absolute atomic E-state index is 0.0992. The molecule has 0 aromatic heterocycles. The molecular weight excluding hydrogens is 558 g/mol. The zero-order valence-electron chi connectivity index (χ0n) is 22.0. The summed E-state index contributed by atoms with van der Waals surface area (Å²) in [6.07, 6.45) is -2.32. The smallest absolute Gasteiger partial charge is 0.305 e. The molecule has 0 aliphatic carbocycles. The standard InChI is InChI=1S/C28H24F2N4O8/c1-42-20-7-3-5-17(13-20)27(38)32-10-11-33(28(39)18-8-9-21(29)22(30)14-18)26(32)25(37)31-23(15-24(35)36)16-4-2-6-19(12-16)34(40)41/h2-9,12-14,23,26H,10-11,15H2,1H3,(H,31,37)(H,35,36). The fourth-order valence-corrected chi connectivity index (χ4v) is 4.58. The minimum atomic E-state index is -1.64. The van der Waals surface area contributed by atoms with Gasteiger partial charge in [-0.15, -0.1) is 0 Å². The molecular formula is C28H24F2N4O8. The van der Waals surface area contributed by atoms with Crippen molar-refractivity contribution in [1.82, 2.24) is 15.1 Å². The Balaban J connectivity index is 1.72. The number of nitrogens with one attached hydrogen (secondary N) is 1.